The van der Waals surface area contributed by atoms with Gasteiger partial charge in [-0.3, -0.25) is 0 Å². The quantitative estimate of drug-likeness (QED) is 0.718. The van der Waals surface area contributed by atoms with Crippen molar-refractivity contribution < 1.29 is 9.47 Å². The summed E-state index contributed by atoms with van der Waals surface area (Å²) in [5.74, 6) is 1.08. The Morgan fingerprint density at radius 3 is 3.00 bits per heavy atom. The Labute approximate surface area is 109 Å². The van der Waals surface area contributed by atoms with Gasteiger partial charge in [0.1, 0.15) is 11.9 Å². The van der Waals surface area contributed by atoms with Crippen molar-refractivity contribution in [3.8, 4) is 5.75 Å². The Morgan fingerprint density at radius 1 is 1.28 bits per heavy atom. The Morgan fingerprint density at radius 2 is 2.17 bits per heavy atom. The van der Waals surface area contributed by atoms with Gasteiger partial charge in [-0.2, -0.15) is 0 Å². The minimum atomic E-state index is 0.390. The predicted molar refractivity (Wildman–Crippen MR) is 73.2 cm³/mol. The standard InChI is InChI=1S/C15H23NO2/c1-17-11-10-16-9-5-4-7-14-12-13-6-2-3-8-15(13)18-14/h2-3,6,8,14,16H,4-5,7,9-12H2,1H3. The van der Waals surface area contributed by atoms with E-state index in [0.29, 0.717) is 6.10 Å². The maximum Gasteiger partial charge on any atom is 0.123 e. The molecular formula is C15H23NO2. The van der Waals surface area contributed by atoms with Crippen LogP contribution in [0.3, 0.4) is 0 Å². The van der Waals surface area contributed by atoms with E-state index in [1.165, 1.54) is 18.4 Å². The van der Waals surface area contributed by atoms with Crippen molar-refractivity contribution in [1.29, 1.82) is 0 Å². The van der Waals surface area contributed by atoms with Gasteiger partial charge in [0, 0.05) is 20.1 Å². The molecule has 0 bridgehead atoms. The van der Waals surface area contributed by atoms with E-state index in [1.54, 1.807) is 7.11 Å². The van der Waals surface area contributed by atoms with Crippen LogP contribution in [0.15, 0.2) is 24.3 Å². The minimum absolute atomic E-state index is 0.390. The van der Waals surface area contributed by atoms with Gasteiger partial charge in [-0.25, -0.2) is 0 Å². The van der Waals surface area contributed by atoms with Crippen molar-refractivity contribution in [2.75, 3.05) is 26.8 Å². The molecule has 0 aromatic heterocycles. The van der Waals surface area contributed by atoms with E-state index in [2.05, 4.69) is 23.5 Å². The molecule has 1 aliphatic rings. The van der Waals surface area contributed by atoms with E-state index in [0.717, 1.165) is 38.3 Å². The molecule has 18 heavy (non-hydrogen) atoms. The Balaban J connectivity index is 1.54. The van der Waals surface area contributed by atoms with Gasteiger partial charge < -0.3 is 14.8 Å². The smallest absolute Gasteiger partial charge is 0.123 e. The second kappa shape index (κ2) is 7.39. The van der Waals surface area contributed by atoms with Crippen LogP contribution in [0.25, 0.3) is 0 Å². The molecule has 1 aromatic carbocycles. The Hall–Kier alpha value is -1.06. The van der Waals surface area contributed by atoms with Crippen molar-refractivity contribution in [3.63, 3.8) is 0 Å². The van der Waals surface area contributed by atoms with Gasteiger partial charge in [-0.05, 0) is 37.4 Å². The summed E-state index contributed by atoms with van der Waals surface area (Å²) in [5, 5.41) is 3.36. The molecule has 0 fully saturated rings. The maximum absolute atomic E-state index is 5.91. The van der Waals surface area contributed by atoms with E-state index in [9.17, 15) is 0 Å². The maximum atomic E-state index is 5.91. The van der Waals surface area contributed by atoms with Crippen LogP contribution in [0.2, 0.25) is 0 Å². The monoisotopic (exact) mass is 249 g/mol. The van der Waals surface area contributed by atoms with Gasteiger partial charge in [0.15, 0.2) is 0 Å². The van der Waals surface area contributed by atoms with Crippen LogP contribution in [0.5, 0.6) is 5.75 Å². The third-order valence-electron chi connectivity index (χ3n) is 3.33. The summed E-state index contributed by atoms with van der Waals surface area (Å²) >= 11 is 0. The molecule has 0 spiro atoms. The minimum Gasteiger partial charge on any atom is -0.490 e. The number of hydrogen-bond acceptors (Lipinski definition) is 3. The molecule has 1 N–H and O–H groups in total. The summed E-state index contributed by atoms with van der Waals surface area (Å²) < 4.78 is 10.9. The molecule has 0 radical (unpaired) electrons. The topological polar surface area (TPSA) is 30.5 Å². The molecule has 2 rings (SSSR count). The zero-order valence-electron chi connectivity index (χ0n) is 11.2. The van der Waals surface area contributed by atoms with E-state index in [-0.39, 0.29) is 0 Å². The van der Waals surface area contributed by atoms with Crippen LogP contribution < -0.4 is 10.1 Å². The highest BCUT2D eigenvalue weighted by atomic mass is 16.5. The summed E-state index contributed by atoms with van der Waals surface area (Å²) in [4.78, 5) is 0. The average Bonchev–Trinajstić information content (AvgIpc) is 2.80. The van der Waals surface area contributed by atoms with Crippen molar-refractivity contribution >= 4 is 0 Å². The third-order valence-corrected chi connectivity index (χ3v) is 3.33. The highest BCUT2D eigenvalue weighted by Gasteiger charge is 2.21. The first-order valence-corrected chi connectivity index (χ1v) is 6.84. The fourth-order valence-electron chi connectivity index (χ4n) is 2.34. The third kappa shape index (κ3) is 4.00. The number of fused-ring (bicyclic) bond motifs is 1. The summed E-state index contributed by atoms with van der Waals surface area (Å²) in [7, 11) is 1.73. The molecule has 0 aliphatic carbocycles. The van der Waals surface area contributed by atoms with Gasteiger partial charge in [-0.15, -0.1) is 0 Å². The normalized spacial score (nSPS) is 17.5. The number of nitrogens with one attached hydrogen (secondary N) is 1. The van der Waals surface area contributed by atoms with Crippen molar-refractivity contribution in [2.45, 2.75) is 31.8 Å². The Kier molecular flexibility index (Phi) is 5.49. The van der Waals surface area contributed by atoms with Crippen LogP contribution in [0.1, 0.15) is 24.8 Å². The molecule has 0 saturated heterocycles. The summed E-state index contributed by atoms with van der Waals surface area (Å²) in [6.45, 7) is 2.81. The van der Waals surface area contributed by atoms with E-state index >= 15 is 0 Å². The lowest BCUT2D eigenvalue weighted by Gasteiger charge is -2.10. The fraction of sp³-hybridized carbons (Fsp3) is 0.600. The van der Waals surface area contributed by atoms with E-state index in [4.69, 9.17) is 9.47 Å². The van der Waals surface area contributed by atoms with Gasteiger partial charge in [0.05, 0.1) is 6.61 Å². The van der Waals surface area contributed by atoms with Gasteiger partial charge in [0.25, 0.3) is 0 Å². The fourth-order valence-corrected chi connectivity index (χ4v) is 2.34. The summed E-state index contributed by atoms with van der Waals surface area (Å²) in [5.41, 5.74) is 1.36. The highest BCUT2D eigenvalue weighted by Crippen LogP contribution is 2.29. The lowest BCUT2D eigenvalue weighted by molar-refractivity contribution is 0.198. The zero-order chi connectivity index (χ0) is 12.6. The van der Waals surface area contributed by atoms with Crippen molar-refractivity contribution in [2.24, 2.45) is 0 Å². The predicted octanol–water partition coefficient (Wildman–Crippen LogP) is 2.40. The zero-order valence-corrected chi connectivity index (χ0v) is 11.2. The van der Waals surface area contributed by atoms with Gasteiger partial charge in [0.2, 0.25) is 0 Å². The van der Waals surface area contributed by atoms with E-state index in [1.807, 2.05) is 6.07 Å². The van der Waals surface area contributed by atoms with Crippen molar-refractivity contribution in [3.05, 3.63) is 29.8 Å². The molecule has 3 nitrogen and oxygen atoms in total. The number of ether oxygens (including phenoxy) is 2. The molecule has 1 aromatic rings. The lowest BCUT2D eigenvalue weighted by atomic mass is 10.1. The largest absolute Gasteiger partial charge is 0.490 e. The van der Waals surface area contributed by atoms with Crippen LogP contribution in [0.4, 0.5) is 0 Å². The molecule has 1 aliphatic heterocycles. The van der Waals surface area contributed by atoms with Gasteiger partial charge in [-0.1, -0.05) is 18.2 Å². The SMILES string of the molecule is COCCNCCCCC1Cc2ccccc2O1. The van der Waals surface area contributed by atoms with Crippen LogP contribution in [-0.2, 0) is 11.2 Å². The first-order chi connectivity index (χ1) is 8.90. The molecule has 100 valence electrons. The van der Waals surface area contributed by atoms with Crippen LogP contribution in [0, 0.1) is 0 Å². The number of hydrogen-bond donors (Lipinski definition) is 1. The molecule has 0 saturated carbocycles. The van der Waals surface area contributed by atoms with Crippen LogP contribution >= 0.6 is 0 Å². The average molecular weight is 249 g/mol. The number of rotatable bonds is 8. The van der Waals surface area contributed by atoms with Gasteiger partial charge >= 0.3 is 0 Å². The number of benzene rings is 1. The second-order valence-electron chi connectivity index (χ2n) is 4.79. The molecule has 1 heterocycles. The van der Waals surface area contributed by atoms with Crippen molar-refractivity contribution in [1.82, 2.24) is 5.32 Å². The second-order valence-corrected chi connectivity index (χ2v) is 4.79. The molecule has 1 atom stereocenters. The first-order valence-electron chi connectivity index (χ1n) is 6.84. The molecule has 3 heteroatoms. The molecular weight excluding hydrogens is 226 g/mol. The number of methoxy groups -OCH3 is 1. The Bertz CT molecular complexity index is 329. The lowest BCUT2D eigenvalue weighted by Crippen LogP contribution is -2.21. The van der Waals surface area contributed by atoms with Crippen LogP contribution in [-0.4, -0.2) is 32.9 Å². The van der Waals surface area contributed by atoms with E-state index < -0.39 is 0 Å². The molecule has 0 amide bonds. The summed E-state index contributed by atoms with van der Waals surface area (Å²) in [6.07, 6.45) is 5.05. The summed E-state index contributed by atoms with van der Waals surface area (Å²) in [6, 6.07) is 8.37. The number of para-hydroxylation sites is 1. The first kappa shape index (κ1) is 13.4. The number of unbranched alkanes of at least 4 members (excludes halogenated alkanes) is 1. The molecule has 1 unspecified atom stereocenters. The highest BCUT2D eigenvalue weighted by molar-refractivity contribution is 5.37.